The van der Waals surface area contributed by atoms with Gasteiger partial charge in [0.25, 0.3) is 5.65 Å². The Morgan fingerprint density at radius 2 is 1.62 bits per heavy atom. The van der Waals surface area contributed by atoms with Crippen LogP contribution in [0.5, 0.6) is 0 Å². The first kappa shape index (κ1) is 15.4. The van der Waals surface area contributed by atoms with E-state index in [1.54, 1.807) is 18.5 Å². The van der Waals surface area contributed by atoms with Gasteiger partial charge in [0.05, 0.1) is 27.8 Å². The number of pyridine rings is 2. The first-order valence-corrected chi connectivity index (χ1v) is 6.72. The van der Waals surface area contributed by atoms with Gasteiger partial charge in [-0.25, -0.2) is 15.0 Å². The summed E-state index contributed by atoms with van der Waals surface area (Å²) in [6, 6.07) is 7.45. The highest BCUT2D eigenvalue weighted by Gasteiger charge is 2.02. The number of halogens is 2. The molecule has 108 valence electrons. The Kier molecular flexibility index (Phi) is 4.83. The summed E-state index contributed by atoms with van der Waals surface area (Å²) < 4.78 is 0. The lowest BCUT2D eigenvalue weighted by Gasteiger charge is -1.89. The van der Waals surface area contributed by atoms with Crippen molar-refractivity contribution >= 4 is 45.3 Å². The molecule has 0 bridgehead atoms. The van der Waals surface area contributed by atoms with E-state index < -0.39 is 0 Å². The van der Waals surface area contributed by atoms with Crippen LogP contribution in [-0.2, 0) is 0 Å². The summed E-state index contributed by atoms with van der Waals surface area (Å²) in [6.07, 6.45) is 7.17. The zero-order valence-electron chi connectivity index (χ0n) is 10.3. The zero-order chi connectivity index (χ0) is 13.9. The highest BCUT2D eigenvalue weighted by molar-refractivity contribution is 6.35. The van der Waals surface area contributed by atoms with Gasteiger partial charge in [0.2, 0.25) is 0 Å². The Hall–Kier alpha value is -2.04. The lowest BCUT2D eigenvalue weighted by atomic mass is 10.3. The standard InChI is InChI=1S/2C7H5ClN2.CH4/c2*8-6-2-4-10-7-5(6)1-3-9-7;/h2*1-4H,(H,9,10);1H4/p+1. The molecule has 0 unspecified atom stereocenters. The van der Waals surface area contributed by atoms with Gasteiger partial charge in [0.15, 0.2) is 0 Å². The van der Waals surface area contributed by atoms with Crippen molar-refractivity contribution in [1.29, 1.82) is 0 Å². The van der Waals surface area contributed by atoms with E-state index in [0.717, 1.165) is 32.1 Å². The molecule has 0 radical (unpaired) electrons. The number of hydrogen-bond donors (Lipinski definition) is 2. The Labute approximate surface area is 132 Å². The van der Waals surface area contributed by atoms with Gasteiger partial charge in [-0.05, 0) is 24.3 Å². The quantitative estimate of drug-likeness (QED) is 0.492. The third kappa shape index (κ3) is 3.17. The van der Waals surface area contributed by atoms with Crippen molar-refractivity contribution in [1.82, 2.24) is 15.0 Å². The predicted molar refractivity (Wildman–Crippen MR) is 87.7 cm³/mol. The first-order chi connectivity index (χ1) is 9.75. The maximum atomic E-state index is 5.86. The second-order valence-corrected chi connectivity index (χ2v) is 4.94. The molecule has 0 atom stereocenters. The summed E-state index contributed by atoms with van der Waals surface area (Å²) in [5.74, 6) is 0. The molecule has 0 amide bonds. The van der Waals surface area contributed by atoms with Gasteiger partial charge in [-0.1, -0.05) is 30.6 Å². The minimum atomic E-state index is 0. The molecule has 6 heteroatoms. The molecule has 0 aliphatic heterocycles. The normalized spacial score (nSPS) is 10.0. The van der Waals surface area contributed by atoms with Crippen molar-refractivity contribution in [3.8, 4) is 0 Å². The summed E-state index contributed by atoms with van der Waals surface area (Å²) in [5.41, 5.74) is 1.81. The van der Waals surface area contributed by atoms with Crippen LogP contribution in [0.1, 0.15) is 7.43 Å². The van der Waals surface area contributed by atoms with Crippen LogP contribution in [-0.4, -0.2) is 15.0 Å². The number of aromatic nitrogens is 4. The van der Waals surface area contributed by atoms with Crippen LogP contribution in [0.2, 0.25) is 10.0 Å². The van der Waals surface area contributed by atoms with Gasteiger partial charge in [-0.3, -0.25) is 0 Å². The fourth-order valence-corrected chi connectivity index (χ4v) is 2.33. The third-order valence-electron chi connectivity index (χ3n) is 2.87. The average molecular weight is 322 g/mol. The highest BCUT2D eigenvalue weighted by atomic mass is 35.5. The number of aromatic amines is 3. The summed E-state index contributed by atoms with van der Waals surface area (Å²) >= 11 is 11.7. The van der Waals surface area contributed by atoms with Gasteiger partial charge >= 0.3 is 0 Å². The smallest absolute Gasteiger partial charge is 0.285 e. The predicted octanol–water partition coefficient (Wildman–Crippen LogP) is 4.49. The molecule has 4 aromatic heterocycles. The van der Waals surface area contributed by atoms with Crippen LogP contribution in [0, 0.1) is 0 Å². The number of H-pyrrole nitrogens is 3. The first-order valence-electron chi connectivity index (χ1n) is 5.96. The van der Waals surface area contributed by atoms with Gasteiger partial charge in [-0.2, -0.15) is 0 Å². The number of nitrogens with zero attached hydrogens (tertiary/aromatic N) is 1. The van der Waals surface area contributed by atoms with E-state index >= 15 is 0 Å². The molecular formula is C15H15Cl2N4+. The van der Waals surface area contributed by atoms with Crippen molar-refractivity contribution in [2.45, 2.75) is 7.43 Å². The number of rotatable bonds is 0. The zero-order valence-corrected chi connectivity index (χ0v) is 11.8. The van der Waals surface area contributed by atoms with Gasteiger partial charge in [0.1, 0.15) is 5.65 Å². The molecule has 0 aliphatic rings. The number of fused-ring (bicyclic) bond motifs is 2. The summed E-state index contributed by atoms with van der Waals surface area (Å²) in [5, 5.41) is 3.52. The Bertz CT molecular complexity index is 779. The largest absolute Gasteiger partial charge is 0.346 e. The maximum absolute atomic E-state index is 5.86. The fourth-order valence-electron chi connectivity index (χ4n) is 1.90. The van der Waals surface area contributed by atoms with Crippen molar-refractivity contribution < 1.29 is 4.98 Å². The molecule has 4 rings (SSSR count). The van der Waals surface area contributed by atoms with E-state index in [1.807, 2.05) is 30.6 Å². The van der Waals surface area contributed by atoms with Crippen LogP contribution in [0.25, 0.3) is 22.1 Å². The van der Waals surface area contributed by atoms with Crippen LogP contribution < -0.4 is 4.98 Å². The minimum Gasteiger partial charge on any atom is -0.346 e. The van der Waals surface area contributed by atoms with E-state index in [9.17, 15) is 0 Å². The molecule has 21 heavy (non-hydrogen) atoms. The lowest BCUT2D eigenvalue weighted by molar-refractivity contribution is -0.347. The molecule has 4 aromatic rings. The van der Waals surface area contributed by atoms with Gasteiger partial charge in [-0.15, -0.1) is 0 Å². The fraction of sp³-hybridized carbons (Fsp3) is 0.0667. The van der Waals surface area contributed by atoms with Crippen molar-refractivity contribution in [3.05, 3.63) is 59.1 Å². The van der Waals surface area contributed by atoms with Crippen LogP contribution >= 0.6 is 23.2 Å². The maximum Gasteiger partial charge on any atom is 0.285 e. The summed E-state index contributed by atoms with van der Waals surface area (Å²) in [6.45, 7) is 0. The summed E-state index contributed by atoms with van der Waals surface area (Å²) in [7, 11) is 0. The molecule has 4 heterocycles. The van der Waals surface area contributed by atoms with E-state index in [-0.39, 0.29) is 7.43 Å². The van der Waals surface area contributed by atoms with Gasteiger partial charge < -0.3 is 4.98 Å². The van der Waals surface area contributed by atoms with Crippen LogP contribution in [0.3, 0.4) is 0 Å². The van der Waals surface area contributed by atoms with Crippen molar-refractivity contribution in [3.63, 3.8) is 0 Å². The number of hydrogen-bond acceptors (Lipinski definition) is 1. The van der Waals surface area contributed by atoms with Gasteiger partial charge in [0, 0.05) is 17.8 Å². The second-order valence-electron chi connectivity index (χ2n) is 4.12. The monoisotopic (exact) mass is 321 g/mol. The lowest BCUT2D eigenvalue weighted by Crippen LogP contribution is -2.00. The molecule has 0 spiro atoms. The van der Waals surface area contributed by atoms with E-state index in [1.165, 1.54) is 0 Å². The Morgan fingerprint density at radius 1 is 0.905 bits per heavy atom. The highest BCUT2D eigenvalue weighted by Crippen LogP contribution is 2.19. The van der Waals surface area contributed by atoms with Crippen LogP contribution in [0.15, 0.2) is 49.1 Å². The molecule has 0 aliphatic carbocycles. The molecule has 0 saturated heterocycles. The number of nitrogens with one attached hydrogen (secondary N) is 3. The third-order valence-corrected chi connectivity index (χ3v) is 3.53. The summed E-state index contributed by atoms with van der Waals surface area (Å²) in [4.78, 5) is 13.1. The molecule has 0 aromatic carbocycles. The topological polar surface area (TPSA) is 58.6 Å². The Balaban J connectivity index is 0.000000147. The van der Waals surface area contributed by atoms with Crippen molar-refractivity contribution in [2.24, 2.45) is 0 Å². The second kappa shape index (κ2) is 6.61. The molecule has 0 fully saturated rings. The van der Waals surface area contributed by atoms with E-state index in [2.05, 4.69) is 19.9 Å². The molecule has 4 nitrogen and oxygen atoms in total. The molecule has 3 N–H and O–H groups in total. The van der Waals surface area contributed by atoms with E-state index in [4.69, 9.17) is 23.2 Å². The van der Waals surface area contributed by atoms with E-state index in [0.29, 0.717) is 0 Å². The minimum absolute atomic E-state index is 0. The van der Waals surface area contributed by atoms with Crippen LogP contribution in [0.4, 0.5) is 0 Å². The van der Waals surface area contributed by atoms with Crippen molar-refractivity contribution in [2.75, 3.05) is 0 Å². The molecular weight excluding hydrogens is 307 g/mol. The molecule has 0 saturated carbocycles. The Morgan fingerprint density at radius 3 is 2.38 bits per heavy atom. The average Bonchev–Trinajstić information content (AvgIpc) is 3.08. The SMILES string of the molecule is C.Clc1cc[nH+]c2[nH]ccc12.Clc1ccnc2[nH]ccc12.